The molecule has 1 saturated carbocycles. The summed E-state index contributed by atoms with van der Waals surface area (Å²) in [7, 11) is 3.87. The molecule has 1 aliphatic heterocycles. The molecule has 0 unspecified atom stereocenters. The Bertz CT molecular complexity index is 1110. The van der Waals surface area contributed by atoms with Crippen molar-refractivity contribution in [2.24, 2.45) is 30.8 Å². The van der Waals surface area contributed by atoms with Crippen LogP contribution < -0.4 is 5.69 Å². The fourth-order valence-corrected chi connectivity index (χ4v) is 7.47. The Balaban J connectivity index is 1.72. The third kappa shape index (κ3) is 2.61. The summed E-state index contributed by atoms with van der Waals surface area (Å²) in [5.74, 6) is 0.363. The van der Waals surface area contributed by atoms with Crippen molar-refractivity contribution >= 4 is 21.1 Å². The number of hydrogen-bond donors (Lipinski definition) is 0. The van der Waals surface area contributed by atoms with Gasteiger partial charge >= 0.3 is 5.69 Å². The molecule has 0 bridgehead atoms. The summed E-state index contributed by atoms with van der Waals surface area (Å²) >= 11 is 0. The van der Waals surface area contributed by atoms with Crippen LogP contribution in [0.4, 0.5) is 0 Å². The van der Waals surface area contributed by atoms with Crippen molar-refractivity contribution in [3.63, 3.8) is 0 Å². The average molecular weight is 407 g/mol. The van der Waals surface area contributed by atoms with Crippen LogP contribution in [0.2, 0.25) is 0 Å². The molecule has 2 aliphatic rings. The SMILES string of the molecule is CN(C)C[C@@]12CN(S(=O)(=O)c3ccc4c(c3)n(C)c(=O)n4C)C[C@@H]1C(C)(C)C2. The lowest BCUT2D eigenvalue weighted by atomic mass is 9.48. The van der Waals surface area contributed by atoms with E-state index in [1.54, 1.807) is 36.6 Å². The summed E-state index contributed by atoms with van der Waals surface area (Å²) in [5, 5.41) is 0. The van der Waals surface area contributed by atoms with Crippen LogP contribution in [0.15, 0.2) is 27.9 Å². The summed E-state index contributed by atoms with van der Waals surface area (Å²) in [6, 6.07) is 4.99. The molecular weight excluding hydrogens is 376 g/mol. The van der Waals surface area contributed by atoms with Crippen LogP contribution in [-0.2, 0) is 24.1 Å². The van der Waals surface area contributed by atoms with Crippen LogP contribution in [-0.4, -0.2) is 60.5 Å². The van der Waals surface area contributed by atoms with Crippen LogP contribution in [0, 0.1) is 16.7 Å². The summed E-state index contributed by atoms with van der Waals surface area (Å²) in [6.07, 6.45) is 1.04. The molecule has 0 spiro atoms. The van der Waals surface area contributed by atoms with E-state index in [9.17, 15) is 13.2 Å². The molecule has 2 aromatic rings. The van der Waals surface area contributed by atoms with Gasteiger partial charge in [0.15, 0.2) is 0 Å². The van der Waals surface area contributed by atoms with Gasteiger partial charge in [0, 0.05) is 39.1 Å². The monoisotopic (exact) mass is 406 g/mol. The largest absolute Gasteiger partial charge is 0.328 e. The van der Waals surface area contributed by atoms with Crippen molar-refractivity contribution in [3.05, 3.63) is 28.7 Å². The van der Waals surface area contributed by atoms with Crippen molar-refractivity contribution in [2.75, 3.05) is 33.7 Å². The quantitative estimate of drug-likeness (QED) is 0.771. The Morgan fingerprint density at radius 1 is 1.14 bits per heavy atom. The van der Waals surface area contributed by atoms with E-state index < -0.39 is 10.0 Å². The zero-order valence-electron chi connectivity index (χ0n) is 17.6. The maximum atomic E-state index is 13.5. The predicted octanol–water partition coefficient (Wildman–Crippen LogP) is 1.48. The lowest BCUT2D eigenvalue weighted by Gasteiger charge is -2.57. The first-order valence-corrected chi connectivity index (χ1v) is 11.1. The molecule has 0 amide bonds. The number of benzene rings is 1. The van der Waals surface area contributed by atoms with E-state index in [1.165, 1.54) is 9.13 Å². The fraction of sp³-hybridized carbons (Fsp3) is 0.650. The highest BCUT2D eigenvalue weighted by Gasteiger charge is 2.64. The topological polar surface area (TPSA) is 67.6 Å². The van der Waals surface area contributed by atoms with Crippen LogP contribution >= 0.6 is 0 Å². The van der Waals surface area contributed by atoms with Crippen LogP contribution in [0.3, 0.4) is 0 Å². The van der Waals surface area contributed by atoms with Gasteiger partial charge in [-0.25, -0.2) is 13.2 Å². The van der Waals surface area contributed by atoms with Gasteiger partial charge in [-0.05, 0) is 50.0 Å². The fourth-order valence-electron chi connectivity index (χ4n) is 5.90. The summed E-state index contributed by atoms with van der Waals surface area (Å²) in [4.78, 5) is 14.6. The lowest BCUT2D eigenvalue weighted by Crippen LogP contribution is -2.57. The van der Waals surface area contributed by atoms with E-state index in [1.807, 2.05) is 0 Å². The molecule has 2 atom stereocenters. The van der Waals surface area contributed by atoms with Crippen LogP contribution in [0.25, 0.3) is 11.0 Å². The second kappa shape index (κ2) is 5.93. The molecule has 2 heterocycles. The number of hydrogen-bond acceptors (Lipinski definition) is 4. The third-order valence-corrected chi connectivity index (χ3v) is 8.69. The molecule has 28 heavy (non-hydrogen) atoms. The number of aromatic nitrogens is 2. The first-order valence-electron chi connectivity index (χ1n) is 9.69. The molecule has 7 nitrogen and oxygen atoms in total. The smallest absolute Gasteiger partial charge is 0.309 e. The Morgan fingerprint density at radius 3 is 2.39 bits per heavy atom. The Kier molecular flexibility index (Phi) is 4.17. The number of rotatable bonds is 4. The highest BCUT2D eigenvalue weighted by atomic mass is 32.2. The summed E-state index contributed by atoms with van der Waals surface area (Å²) < 4.78 is 31.6. The van der Waals surface area contributed by atoms with Crippen molar-refractivity contribution in [1.29, 1.82) is 0 Å². The maximum Gasteiger partial charge on any atom is 0.328 e. The minimum absolute atomic E-state index is 0.0315. The summed E-state index contributed by atoms with van der Waals surface area (Å²) in [6.45, 7) is 6.52. The molecule has 0 radical (unpaired) electrons. The predicted molar refractivity (Wildman–Crippen MR) is 110 cm³/mol. The van der Waals surface area contributed by atoms with Gasteiger partial charge in [0.05, 0.1) is 15.9 Å². The molecule has 1 saturated heterocycles. The minimum atomic E-state index is -3.61. The first-order chi connectivity index (χ1) is 12.9. The molecule has 154 valence electrons. The van der Waals surface area contributed by atoms with Crippen LogP contribution in [0.5, 0.6) is 0 Å². The Labute approximate surface area is 166 Å². The molecule has 8 heteroatoms. The van der Waals surface area contributed by atoms with Gasteiger partial charge in [0.2, 0.25) is 10.0 Å². The molecule has 2 fully saturated rings. The molecule has 0 N–H and O–H groups in total. The molecular formula is C20H30N4O3S. The Morgan fingerprint density at radius 2 is 1.79 bits per heavy atom. The minimum Gasteiger partial charge on any atom is -0.309 e. The molecule has 1 aromatic heterocycles. The average Bonchev–Trinajstić information content (AvgIpc) is 3.03. The third-order valence-electron chi connectivity index (χ3n) is 6.88. The van der Waals surface area contributed by atoms with E-state index in [0.29, 0.717) is 24.5 Å². The zero-order valence-corrected chi connectivity index (χ0v) is 18.4. The van der Waals surface area contributed by atoms with E-state index >= 15 is 0 Å². The van der Waals surface area contributed by atoms with E-state index in [4.69, 9.17) is 0 Å². The van der Waals surface area contributed by atoms with Crippen molar-refractivity contribution in [1.82, 2.24) is 18.3 Å². The first kappa shape index (κ1) is 19.7. The number of aryl methyl sites for hydroxylation is 2. The number of sulfonamides is 1. The normalized spacial score (nSPS) is 27.3. The number of nitrogens with zero attached hydrogens (tertiary/aromatic N) is 4. The van der Waals surface area contributed by atoms with Crippen LogP contribution in [0.1, 0.15) is 20.3 Å². The van der Waals surface area contributed by atoms with Gasteiger partial charge in [0.1, 0.15) is 0 Å². The summed E-state index contributed by atoms with van der Waals surface area (Å²) in [5.41, 5.74) is 1.41. The molecule has 1 aliphatic carbocycles. The van der Waals surface area contributed by atoms with Gasteiger partial charge in [-0.3, -0.25) is 9.13 Å². The van der Waals surface area contributed by atoms with Gasteiger partial charge < -0.3 is 4.90 Å². The highest BCUT2D eigenvalue weighted by molar-refractivity contribution is 7.89. The second-order valence-corrected chi connectivity index (χ2v) is 11.6. The maximum absolute atomic E-state index is 13.5. The van der Waals surface area contributed by atoms with Gasteiger partial charge in [-0.2, -0.15) is 4.31 Å². The van der Waals surface area contributed by atoms with E-state index in [2.05, 4.69) is 32.8 Å². The van der Waals surface area contributed by atoms with Crippen molar-refractivity contribution < 1.29 is 8.42 Å². The highest BCUT2D eigenvalue weighted by Crippen LogP contribution is 2.63. The van der Waals surface area contributed by atoms with E-state index in [0.717, 1.165) is 18.5 Å². The molecule has 4 rings (SSSR count). The Hall–Kier alpha value is -1.64. The van der Waals surface area contributed by atoms with Gasteiger partial charge in [-0.1, -0.05) is 13.8 Å². The van der Waals surface area contributed by atoms with Crippen molar-refractivity contribution in [3.8, 4) is 0 Å². The van der Waals surface area contributed by atoms with Gasteiger partial charge in [0.25, 0.3) is 0 Å². The van der Waals surface area contributed by atoms with Crippen molar-refractivity contribution in [2.45, 2.75) is 25.2 Å². The lowest BCUT2D eigenvalue weighted by molar-refractivity contribution is -0.0789. The van der Waals surface area contributed by atoms with E-state index in [-0.39, 0.29) is 21.4 Å². The zero-order chi connectivity index (χ0) is 20.6. The standard InChI is InChI=1S/C20H30N4O3S/c1-19(2)11-20(12-21(3)4)13-24(10-17(19)20)28(26,27)14-7-8-15-16(9-14)23(6)18(25)22(15)5/h7-9,17H,10-13H2,1-6H3/t17-,20+/m1/s1. The van der Waals surface area contributed by atoms with Gasteiger partial charge in [-0.15, -0.1) is 0 Å². The second-order valence-electron chi connectivity index (χ2n) is 9.67. The number of fused-ring (bicyclic) bond motifs is 2. The molecule has 1 aromatic carbocycles. The number of imidazole rings is 1.